The van der Waals surface area contributed by atoms with E-state index in [0.29, 0.717) is 0 Å². The Morgan fingerprint density at radius 2 is 1.83 bits per heavy atom. The molecule has 0 saturated carbocycles. The molecule has 2 aromatic carbocycles. The Bertz CT molecular complexity index is 1050. The third-order valence-corrected chi connectivity index (χ3v) is 4.81. The van der Waals surface area contributed by atoms with E-state index in [4.69, 9.17) is 4.52 Å². The van der Waals surface area contributed by atoms with Crippen LogP contribution in [0.15, 0.2) is 53.1 Å². The summed E-state index contributed by atoms with van der Waals surface area (Å²) in [5.74, 6) is -1.04. The average Bonchev–Trinajstić information content (AvgIpc) is 3.29. The summed E-state index contributed by atoms with van der Waals surface area (Å²) in [6, 6.07) is 11.1. The highest BCUT2D eigenvalue weighted by Gasteiger charge is 2.37. The molecule has 0 aliphatic carbocycles. The lowest BCUT2D eigenvalue weighted by Gasteiger charge is -2.19. The minimum absolute atomic E-state index is 0.00795. The maximum atomic E-state index is 13.9. The Morgan fingerprint density at radius 3 is 2.59 bits per heavy atom. The van der Waals surface area contributed by atoms with Crippen molar-refractivity contribution >= 4 is 5.91 Å². The third kappa shape index (κ3) is 3.85. The fourth-order valence-corrected chi connectivity index (χ4v) is 3.38. The number of hydrogen-bond acceptors (Lipinski definition) is 4. The summed E-state index contributed by atoms with van der Waals surface area (Å²) in [4.78, 5) is 17.9. The lowest BCUT2D eigenvalue weighted by atomic mass is 10.1. The van der Waals surface area contributed by atoms with Crippen LogP contribution in [0.25, 0.3) is 11.5 Å². The lowest BCUT2D eigenvalue weighted by Crippen LogP contribution is -2.26. The summed E-state index contributed by atoms with van der Waals surface area (Å²) >= 11 is 0. The van der Waals surface area contributed by atoms with Gasteiger partial charge in [-0.2, -0.15) is 18.2 Å². The molecule has 5 nitrogen and oxygen atoms in total. The molecule has 1 amide bonds. The molecule has 1 fully saturated rings. The van der Waals surface area contributed by atoms with Gasteiger partial charge in [-0.05, 0) is 23.8 Å². The molecule has 0 radical (unpaired) electrons. The monoisotopic (exact) mass is 405 g/mol. The number of hydrogen-bond donors (Lipinski definition) is 0. The van der Waals surface area contributed by atoms with Crippen LogP contribution in [0.3, 0.4) is 0 Å². The molecule has 0 bridgehead atoms. The number of rotatable bonds is 4. The van der Waals surface area contributed by atoms with Crippen LogP contribution in [0, 0.1) is 5.82 Å². The van der Waals surface area contributed by atoms with E-state index in [1.54, 1.807) is 6.07 Å². The van der Waals surface area contributed by atoms with Gasteiger partial charge < -0.3 is 9.42 Å². The second-order valence-electron chi connectivity index (χ2n) is 6.77. The van der Waals surface area contributed by atoms with E-state index in [0.717, 1.165) is 6.07 Å². The second-order valence-corrected chi connectivity index (χ2v) is 6.77. The molecular weight excluding hydrogens is 390 g/mol. The van der Waals surface area contributed by atoms with Gasteiger partial charge in [-0.25, -0.2) is 4.39 Å². The van der Waals surface area contributed by atoms with Gasteiger partial charge >= 0.3 is 6.18 Å². The average molecular weight is 405 g/mol. The van der Waals surface area contributed by atoms with Gasteiger partial charge in [0, 0.05) is 25.4 Å². The van der Waals surface area contributed by atoms with Crippen molar-refractivity contribution in [1.29, 1.82) is 0 Å². The van der Waals surface area contributed by atoms with Gasteiger partial charge in [-0.3, -0.25) is 4.79 Å². The molecule has 1 saturated heterocycles. The largest absolute Gasteiger partial charge is 0.416 e. The number of nitrogens with zero attached hydrogens (tertiary/aromatic N) is 3. The number of aromatic nitrogens is 2. The van der Waals surface area contributed by atoms with Crippen LogP contribution < -0.4 is 0 Å². The van der Waals surface area contributed by atoms with Gasteiger partial charge in [0.2, 0.25) is 5.91 Å². The van der Waals surface area contributed by atoms with Gasteiger partial charge in [0.25, 0.3) is 5.89 Å². The van der Waals surface area contributed by atoms with E-state index >= 15 is 0 Å². The Kier molecular flexibility index (Phi) is 4.81. The Hall–Kier alpha value is -3.23. The molecule has 29 heavy (non-hydrogen) atoms. The summed E-state index contributed by atoms with van der Waals surface area (Å²) in [5.41, 5.74) is -0.599. The molecular formula is C20H15F4N3O2. The van der Waals surface area contributed by atoms with Crippen molar-refractivity contribution in [1.82, 2.24) is 15.0 Å². The predicted octanol–water partition coefficient (Wildman–Crippen LogP) is 4.41. The van der Waals surface area contributed by atoms with Crippen LogP contribution in [0.5, 0.6) is 0 Å². The van der Waals surface area contributed by atoms with E-state index in [2.05, 4.69) is 10.1 Å². The van der Waals surface area contributed by atoms with Crippen LogP contribution in [0.1, 0.15) is 29.3 Å². The molecule has 1 unspecified atom stereocenters. The molecule has 9 heteroatoms. The minimum atomic E-state index is -4.50. The fourth-order valence-electron chi connectivity index (χ4n) is 3.38. The summed E-state index contributed by atoms with van der Waals surface area (Å²) in [6.45, 7) is -0.00961. The van der Waals surface area contributed by atoms with Crippen molar-refractivity contribution < 1.29 is 26.9 Å². The Morgan fingerprint density at radius 1 is 1.10 bits per heavy atom. The van der Waals surface area contributed by atoms with E-state index < -0.39 is 23.5 Å². The molecule has 0 N–H and O–H groups in total. The van der Waals surface area contributed by atoms with Crippen molar-refractivity contribution in [3.8, 4) is 11.5 Å². The summed E-state index contributed by atoms with van der Waals surface area (Å²) < 4.78 is 58.6. The normalized spacial score (nSPS) is 17.2. The van der Waals surface area contributed by atoms with Crippen LogP contribution >= 0.6 is 0 Å². The zero-order valence-corrected chi connectivity index (χ0v) is 15.0. The van der Waals surface area contributed by atoms with Crippen LogP contribution in [0.2, 0.25) is 0 Å². The van der Waals surface area contributed by atoms with Crippen molar-refractivity contribution in [2.24, 2.45) is 0 Å². The summed E-state index contributed by atoms with van der Waals surface area (Å²) in [6.07, 6.45) is -4.45. The number of carbonyl (C=O) groups excluding carboxylic acids is 1. The summed E-state index contributed by atoms with van der Waals surface area (Å²) in [5, 5.41) is 3.84. The lowest BCUT2D eigenvalue weighted by molar-refractivity contribution is -0.139. The highest BCUT2D eigenvalue weighted by Crippen LogP contribution is 2.34. The highest BCUT2D eigenvalue weighted by molar-refractivity contribution is 5.79. The highest BCUT2D eigenvalue weighted by atomic mass is 19.4. The SMILES string of the molecule is O=C1CC(c2noc(-c3ccccc3F)n2)CN1Cc1ccccc1C(F)(F)F. The molecule has 1 aliphatic heterocycles. The fraction of sp³-hybridized carbons (Fsp3) is 0.250. The molecule has 0 spiro atoms. The standard InChI is InChI=1S/C20H15F4N3O2/c21-16-8-4-2-6-14(16)19-25-18(26-29-19)13-9-17(28)27(11-13)10-12-5-1-3-7-15(12)20(22,23)24/h1-8,13H,9-11H2. The van der Waals surface area contributed by atoms with E-state index in [1.165, 1.54) is 41.3 Å². The van der Waals surface area contributed by atoms with Gasteiger partial charge in [-0.15, -0.1) is 0 Å². The Balaban J connectivity index is 1.52. The minimum Gasteiger partial charge on any atom is -0.338 e. The van der Waals surface area contributed by atoms with Crippen molar-refractivity contribution in [2.45, 2.75) is 25.1 Å². The number of amides is 1. The second kappa shape index (κ2) is 7.31. The first-order valence-electron chi connectivity index (χ1n) is 8.84. The number of alkyl halides is 3. The van der Waals surface area contributed by atoms with Crippen LogP contribution in [-0.2, 0) is 17.5 Å². The maximum Gasteiger partial charge on any atom is 0.416 e. The van der Waals surface area contributed by atoms with Crippen molar-refractivity contribution in [3.05, 3.63) is 71.3 Å². The van der Waals surface area contributed by atoms with Gasteiger partial charge in [0.15, 0.2) is 5.82 Å². The van der Waals surface area contributed by atoms with E-state index in [-0.39, 0.29) is 48.3 Å². The maximum absolute atomic E-state index is 13.9. The molecule has 2 heterocycles. The number of halogens is 4. The molecule has 4 rings (SSSR count). The van der Waals surface area contributed by atoms with E-state index in [9.17, 15) is 22.4 Å². The Labute approximate surface area is 162 Å². The molecule has 1 atom stereocenters. The number of benzene rings is 2. The first kappa shape index (κ1) is 19.1. The van der Waals surface area contributed by atoms with Gasteiger partial charge in [0.1, 0.15) is 5.82 Å². The van der Waals surface area contributed by atoms with Crippen LogP contribution in [0.4, 0.5) is 17.6 Å². The van der Waals surface area contributed by atoms with Crippen molar-refractivity contribution in [2.75, 3.05) is 6.54 Å². The van der Waals surface area contributed by atoms with Crippen molar-refractivity contribution in [3.63, 3.8) is 0 Å². The van der Waals surface area contributed by atoms with E-state index in [1.807, 2.05) is 0 Å². The molecule has 150 valence electrons. The quantitative estimate of drug-likeness (QED) is 0.604. The molecule has 1 aromatic heterocycles. The first-order chi connectivity index (χ1) is 13.8. The summed E-state index contributed by atoms with van der Waals surface area (Å²) in [7, 11) is 0. The smallest absolute Gasteiger partial charge is 0.338 e. The van der Waals surface area contributed by atoms with Crippen LogP contribution in [-0.4, -0.2) is 27.5 Å². The molecule has 3 aromatic rings. The first-order valence-corrected chi connectivity index (χ1v) is 8.84. The zero-order chi connectivity index (χ0) is 20.6. The third-order valence-electron chi connectivity index (χ3n) is 4.81. The number of carbonyl (C=O) groups is 1. The molecule has 1 aliphatic rings. The number of likely N-dealkylation sites (tertiary alicyclic amines) is 1. The van der Waals surface area contributed by atoms with Gasteiger partial charge in [-0.1, -0.05) is 35.5 Å². The zero-order valence-electron chi connectivity index (χ0n) is 15.0. The predicted molar refractivity (Wildman–Crippen MR) is 93.9 cm³/mol. The topological polar surface area (TPSA) is 59.2 Å². The van der Waals surface area contributed by atoms with Gasteiger partial charge in [0.05, 0.1) is 11.1 Å².